The number of hydrogen-bond acceptors (Lipinski definition) is 6. The molecule has 2 aromatic carbocycles. The van der Waals surface area contributed by atoms with Crippen molar-refractivity contribution in [3.8, 4) is 17.1 Å². The van der Waals surface area contributed by atoms with Gasteiger partial charge < -0.3 is 18.8 Å². The summed E-state index contributed by atoms with van der Waals surface area (Å²) < 4.78 is 16.6. The van der Waals surface area contributed by atoms with E-state index in [1.807, 2.05) is 17.0 Å². The van der Waals surface area contributed by atoms with Crippen LogP contribution in [-0.4, -0.2) is 40.5 Å². The Balaban J connectivity index is 1.27. The van der Waals surface area contributed by atoms with Crippen LogP contribution in [0.1, 0.15) is 49.4 Å². The van der Waals surface area contributed by atoms with Crippen LogP contribution in [0.25, 0.3) is 11.3 Å². The number of rotatable bonds is 7. The summed E-state index contributed by atoms with van der Waals surface area (Å²) in [5.74, 6) is 0.838. The second-order valence-corrected chi connectivity index (χ2v) is 8.88. The second-order valence-electron chi connectivity index (χ2n) is 8.44. The standard InChI is InChI=1S/C26H27ClN2O5/c1-17-4-3-5-18(2)29(17)25(30)16-32-22-12-8-20(9-13-22)26(31)33-15-24-28-14-23(34-24)19-6-10-21(27)11-7-19/h6-14,17-18H,3-5,15-16H2,1-2H3/t17-,18-/m1/s1. The van der Waals surface area contributed by atoms with E-state index in [9.17, 15) is 9.59 Å². The molecule has 0 radical (unpaired) electrons. The van der Waals surface area contributed by atoms with E-state index < -0.39 is 5.97 Å². The van der Waals surface area contributed by atoms with Crippen molar-refractivity contribution in [2.45, 2.75) is 51.8 Å². The van der Waals surface area contributed by atoms with Gasteiger partial charge in [-0.3, -0.25) is 4.79 Å². The highest BCUT2D eigenvalue weighted by Crippen LogP contribution is 2.24. The van der Waals surface area contributed by atoms with E-state index in [-0.39, 0.29) is 37.1 Å². The molecule has 2 atom stereocenters. The van der Waals surface area contributed by atoms with Crippen molar-refractivity contribution in [2.75, 3.05) is 6.61 Å². The number of halogens is 1. The van der Waals surface area contributed by atoms with Crippen LogP contribution >= 0.6 is 11.6 Å². The SMILES string of the molecule is C[C@@H]1CCC[C@@H](C)N1C(=O)COc1ccc(C(=O)OCc2ncc(-c3ccc(Cl)cc3)o2)cc1. The van der Waals surface area contributed by atoms with Crippen LogP contribution in [0.5, 0.6) is 5.75 Å². The zero-order chi connectivity index (χ0) is 24.1. The molecule has 4 rings (SSSR count). The van der Waals surface area contributed by atoms with Gasteiger partial charge in [0, 0.05) is 22.7 Å². The first-order valence-corrected chi connectivity index (χ1v) is 11.7. The third kappa shape index (κ3) is 5.78. The Bertz CT molecular complexity index is 1120. The average Bonchev–Trinajstić information content (AvgIpc) is 3.31. The molecule has 1 aromatic heterocycles. The fraction of sp³-hybridized carbons (Fsp3) is 0.346. The Morgan fingerprint density at radius 2 is 1.74 bits per heavy atom. The third-order valence-corrected chi connectivity index (χ3v) is 6.19. The van der Waals surface area contributed by atoms with E-state index in [0.29, 0.717) is 22.1 Å². The lowest BCUT2D eigenvalue weighted by Crippen LogP contribution is -2.49. The monoisotopic (exact) mass is 482 g/mol. The first-order chi connectivity index (χ1) is 16.4. The molecule has 1 fully saturated rings. The van der Waals surface area contributed by atoms with Gasteiger partial charge in [0.1, 0.15) is 5.75 Å². The van der Waals surface area contributed by atoms with Crippen LogP contribution in [0.3, 0.4) is 0 Å². The van der Waals surface area contributed by atoms with Gasteiger partial charge in [0.05, 0.1) is 11.8 Å². The number of aromatic nitrogens is 1. The summed E-state index contributed by atoms with van der Waals surface area (Å²) in [5, 5.41) is 0.631. The number of likely N-dealkylation sites (tertiary alicyclic amines) is 1. The van der Waals surface area contributed by atoms with Crippen LogP contribution < -0.4 is 4.74 Å². The summed E-state index contributed by atoms with van der Waals surface area (Å²) >= 11 is 5.90. The topological polar surface area (TPSA) is 81.9 Å². The highest BCUT2D eigenvalue weighted by Gasteiger charge is 2.29. The van der Waals surface area contributed by atoms with E-state index >= 15 is 0 Å². The Morgan fingerprint density at radius 3 is 2.41 bits per heavy atom. The summed E-state index contributed by atoms with van der Waals surface area (Å²) in [6.07, 6.45) is 4.75. The molecule has 178 valence electrons. The maximum Gasteiger partial charge on any atom is 0.338 e. The highest BCUT2D eigenvalue weighted by molar-refractivity contribution is 6.30. The summed E-state index contributed by atoms with van der Waals surface area (Å²) in [5.41, 5.74) is 1.19. The van der Waals surface area contributed by atoms with Gasteiger partial charge in [-0.1, -0.05) is 11.6 Å². The fourth-order valence-corrected chi connectivity index (χ4v) is 4.28. The predicted molar refractivity (Wildman–Crippen MR) is 128 cm³/mol. The van der Waals surface area contributed by atoms with Crippen molar-refractivity contribution in [2.24, 2.45) is 0 Å². The Labute approximate surface area is 203 Å². The number of oxazole rings is 1. The maximum atomic E-state index is 12.6. The van der Waals surface area contributed by atoms with Gasteiger partial charge in [-0.25, -0.2) is 9.78 Å². The number of ether oxygens (including phenoxy) is 2. The molecule has 1 aliphatic heterocycles. The van der Waals surface area contributed by atoms with Crippen molar-refractivity contribution in [1.29, 1.82) is 0 Å². The predicted octanol–water partition coefficient (Wildman–Crippen LogP) is 5.52. The van der Waals surface area contributed by atoms with Gasteiger partial charge in [-0.15, -0.1) is 0 Å². The minimum absolute atomic E-state index is 0.0212. The molecule has 34 heavy (non-hydrogen) atoms. The van der Waals surface area contributed by atoms with Crippen molar-refractivity contribution in [1.82, 2.24) is 9.88 Å². The summed E-state index contributed by atoms with van der Waals surface area (Å²) in [6.45, 7) is 4.03. The van der Waals surface area contributed by atoms with E-state index in [0.717, 1.165) is 24.8 Å². The Kier molecular flexibility index (Phi) is 7.53. The first-order valence-electron chi connectivity index (χ1n) is 11.3. The molecule has 0 aliphatic carbocycles. The van der Waals surface area contributed by atoms with Crippen molar-refractivity contribution >= 4 is 23.5 Å². The fourth-order valence-electron chi connectivity index (χ4n) is 4.15. The van der Waals surface area contributed by atoms with Crippen LogP contribution in [-0.2, 0) is 16.1 Å². The summed E-state index contributed by atoms with van der Waals surface area (Å²) in [7, 11) is 0. The number of benzene rings is 2. The largest absolute Gasteiger partial charge is 0.484 e. The molecular formula is C26H27ClN2O5. The zero-order valence-electron chi connectivity index (χ0n) is 19.2. The lowest BCUT2D eigenvalue weighted by molar-refractivity contribution is -0.139. The van der Waals surface area contributed by atoms with Crippen molar-refractivity contribution in [3.63, 3.8) is 0 Å². The molecular weight excluding hydrogens is 456 g/mol. The van der Waals surface area contributed by atoms with Gasteiger partial charge in [0.15, 0.2) is 19.0 Å². The molecule has 0 bridgehead atoms. The number of esters is 1. The van der Waals surface area contributed by atoms with Gasteiger partial charge in [-0.05, 0) is 81.6 Å². The van der Waals surface area contributed by atoms with Crippen LogP contribution in [0.2, 0.25) is 5.02 Å². The molecule has 1 saturated heterocycles. The lowest BCUT2D eigenvalue weighted by atomic mass is 9.97. The Morgan fingerprint density at radius 1 is 1.06 bits per heavy atom. The summed E-state index contributed by atoms with van der Waals surface area (Å²) in [4.78, 5) is 31.0. The van der Waals surface area contributed by atoms with Crippen molar-refractivity contribution in [3.05, 3.63) is 71.2 Å². The van der Waals surface area contributed by atoms with E-state index in [4.69, 9.17) is 25.5 Å². The number of nitrogens with zero attached hydrogens (tertiary/aromatic N) is 2. The number of amides is 1. The van der Waals surface area contributed by atoms with Crippen LogP contribution in [0, 0.1) is 0 Å². The van der Waals surface area contributed by atoms with Crippen LogP contribution in [0.4, 0.5) is 0 Å². The van der Waals surface area contributed by atoms with E-state index in [2.05, 4.69) is 18.8 Å². The third-order valence-electron chi connectivity index (χ3n) is 5.94. The molecule has 1 aliphatic rings. The van der Waals surface area contributed by atoms with Gasteiger partial charge in [0.2, 0.25) is 5.89 Å². The van der Waals surface area contributed by atoms with Crippen molar-refractivity contribution < 1.29 is 23.5 Å². The van der Waals surface area contributed by atoms with Gasteiger partial charge >= 0.3 is 5.97 Å². The van der Waals surface area contributed by atoms with E-state index in [1.165, 1.54) is 0 Å². The molecule has 3 aromatic rings. The van der Waals surface area contributed by atoms with Crippen LogP contribution in [0.15, 0.2) is 59.1 Å². The number of carbonyl (C=O) groups excluding carboxylic acids is 2. The molecule has 7 nitrogen and oxygen atoms in total. The minimum Gasteiger partial charge on any atom is -0.484 e. The molecule has 8 heteroatoms. The average molecular weight is 483 g/mol. The zero-order valence-corrected chi connectivity index (χ0v) is 20.0. The van der Waals surface area contributed by atoms with Gasteiger partial charge in [0.25, 0.3) is 5.91 Å². The molecule has 2 heterocycles. The second kappa shape index (κ2) is 10.7. The van der Waals surface area contributed by atoms with Gasteiger partial charge in [-0.2, -0.15) is 0 Å². The highest BCUT2D eigenvalue weighted by atomic mass is 35.5. The molecule has 0 unspecified atom stereocenters. The number of hydrogen-bond donors (Lipinski definition) is 0. The maximum absolute atomic E-state index is 12.6. The normalized spacial score (nSPS) is 17.9. The quantitative estimate of drug-likeness (QED) is 0.412. The number of carbonyl (C=O) groups is 2. The first kappa shape index (κ1) is 23.8. The lowest BCUT2D eigenvalue weighted by Gasteiger charge is -2.38. The minimum atomic E-state index is -0.509. The molecule has 0 saturated carbocycles. The number of piperidine rings is 1. The molecule has 0 N–H and O–H groups in total. The smallest absolute Gasteiger partial charge is 0.338 e. The van der Waals surface area contributed by atoms with E-state index in [1.54, 1.807) is 42.6 Å². The Hall–Kier alpha value is -3.32. The molecule has 0 spiro atoms. The summed E-state index contributed by atoms with van der Waals surface area (Å²) in [6, 6.07) is 14.1. The molecule has 1 amide bonds.